The van der Waals surface area contributed by atoms with Crippen LogP contribution in [0, 0.1) is 6.92 Å². The summed E-state index contributed by atoms with van der Waals surface area (Å²) < 4.78 is 10.7. The molecule has 6 heteroatoms. The third-order valence-corrected chi connectivity index (χ3v) is 4.19. The van der Waals surface area contributed by atoms with Crippen molar-refractivity contribution in [2.75, 3.05) is 31.0 Å². The van der Waals surface area contributed by atoms with Crippen molar-refractivity contribution in [1.29, 1.82) is 0 Å². The van der Waals surface area contributed by atoms with Gasteiger partial charge in [-0.25, -0.2) is 4.98 Å². The Hall–Kier alpha value is -3.28. The zero-order chi connectivity index (χ0) is 19.2. The van der Waals surface area contributed by atoms with Crippen LogP contribution in [0.3, 0.4) is 0 Å². The Balaban J connectivity index is 1.89. The molecule has 0 radical (unpaired) electrons. The number of hydrogen-bond acceptors (Lipinski definition) is 6. The van der Waals surface area contributed by atoms with Crippen molar-refractivity contribution in [1.82, 2.24) is 9.97 Å². The van der Waals surface area contributed by atoms with Crippen molar-refractivity contribution in [3.63, 3.8) is 0 Å². The summed E-state index contributed by atoms with van der Waals surface area (Å²) >= 11 is 0. The van der Waals surface area contributed by atoms with E-state index in [1.807, 2.05) is 30.3 Å². The molecule has 2 aromatic carbocycles. The lowest BCUT2D eigenvalue weighted by Gasteiger charge is -2.22. The molecule has 1 aromatic heterocycles. The van der Waals surface area contributed by atoms with E-state index in [-0.39, 0.29) is 0 Å². The summed E-state index contributed by atoms with van der Waals surface area (Å²) in [7, 11) is 3.26. The molecular formula is C21H24N4O2. The number of nitrogens with one attached hydrogen (secondary N) is 1. The molecule has 0 amide bonds. The summed E-state index contributed by atoms with van der Waals surface area (Å²) in [6.07, 6.45) is 1.75. The summed E-state index contributed by atoms with van der Waals surface area (Å²) in [4.78, 5) is 11.2. The van der Waals surface area contributed by atoms with Gasteiger partial charge in [-0.2, -0.15) is 4.98 Å². The fourth-order valence-corrected chi connectivity index (χ4v) is 2.82. The maximum Gasteiger partial charge on any atom is 0.231 e. The number of anilines is 4. The average Bonchev–Trinajstić information content (AvgIpc) is 2.69. The Morgan fingerprint density at radius 2 is 1.89 bits per heavy atom. The summed E-state index contributed by atoms with van der Waals surface area (Å²) in [5.41, 5.74) is 3.07. The van der Waals surface area contributed by atoms with E-state index in [4.69, 9.17) is 9.47 Å². The van der Waals surface area contributed by atoms with E-state index in [1.165, 1.54) is 5.56 Å². The minimum atomic E-state index is 0.639. The second-order valence-corrected chi connectivity index (χ2v) is 6.02. The predicted molar refractivity (Wildman–Crippen MR) is 109 cm³/mol. The molecule has 1 heterocycles. The molecule has 27 heavy (non-hydrogen) atoms. The lowest BCUT2D eigenvalue weighted by Crippen LogP contribution is -2.19. The van der Waals surface area contributed by atoms with Gasteiger partial charge in [-0.3, -0.25) is 0 Å². The minimum absolute atomic E-state index is 0.639. The van der Waals surface area contributed by atoms with Gasteiger partial charge in [0.15, 0.2) is 0 Å². The van der Waals surface area contributed by atoms with Gasteiger partial charge in [-0.05, 0) is 49.7 Å². The van der Waals surface area contributed by atoms with Crippen LogP contribution in [-0.4, -0.2) is 30.7 Å². The van der Waals surface area contributed by atoms with Crippen LogP contribution in [0.15, 0.2) is 54.7 Å². The van der Waals surface area contributed by atoms with Crippen LogP contribution < -0.4 is 19.7 Å². The first-order valence-corrected chi connectivity index (χ1v) is 8.81. The first-order valence-electron chi connectivity index (χ1n) is 8.81. The van der Waals surface area contributed by atoms with Gasteiger partial charge in [0.1, 0.15) is 17.3 Å². The molecule has 6 nitrogen and oxygen atoms in total. The van der Waals surface area contributed by atoms with E-state index < -0.39 is 0 Å². The molecular weight excluding hydrogens is 340 g/mol. The van der Waals surface area contributed by atoms with Crippen LogP contribution in [0.1, 0.15) is 12.5 Å². The third kappa shape index (κ3) is 4.28. The fourth-order valence-electron chi connectivity index (χ4n) is 2.82. The number of rotatable bonds is 7. The summed E-state index contributed by atoms with van der Waals surface area (Å²) in [6, 6.07) is 15.7. The number of methoxy groups -OCH3 is 2. The Labute approximate surface area is 159 Å². The van der Waals surface area contributed by atoms with Crippen molar-refractivity contribution in [3.05, 3.63) is 60.3 Å². The highest BCUT2D eigenvalue weighted by molar-refractivity contribution is 5.67. The smallest absolute Gasteiger partial charge is 0.231 e. The maximum absolute atomic E-state index is 5.45. The zero-order valence-electron chi connectivity index (χ0n) is 16.1. The number of benzene rings is 2. The summed E-state index contributed by atoms with van der Waals surface area (Å²) in [6.45, 7) is 4.92. The van der Waals surface area contributed by atoms with Gasteiger partial charge in [0.05, 0.1) is 19.9 Å². The molecule has 0 atom stereocenters. The van der Waals surface area contributed by atoms with Crippen molar-refractivity contribution in [3.8, 4) is 11.5 Å². The van der Waals surface area contributed by atoms with Gasteiger partial charge in [-0.1, -0.05) is 12.1 Å². The number of nitrogens with zero attached hydrogens (tertiary/aromatic N) is 3. The van der Waals surface area contributed by atoms with Gasteiger partial charge >= 0.3 is 0 Å². The van der Waals surface area contributed by atoms with Crippen LogP contribution >= 0.6 is 0 Å². The average molecular weight is 364 g/mol. The molecule has 0 fully saturated rings. The Bertz CT molecular complexity index is 914. The summed E-state index contributed by atoms with van der Waals surface area (Å²) in [5.74, 6) is 2.74. The maximum atomic E-state index is 5.45. The largest absolute Gasteiger partial charge is 0.497 e. The highest BCUT2D eigenvalue weighted by Gasteiger charge is 2.12. The van der Waals surface area contributed by atoms with Crippen LogP contribution in [0.4, 0.5) is 23.1 Å². The van der Waals surface area contributed by atoms with E-state index in [0.717, 1.165) is 23.7 Å². The molecule has 1 N–H and O–H groups in total. The van der Waals surface area contributed by atoms with Gasteiger partial charge in [0.2, 0.25) is 5.95 Å². The molecule has 0 aliphatic carbocycles. The third-order valence-electron chi connectivity index (χ3n) is 4.19. The Kier molecular flexibility index (Phi) is 5.76. The number of hydrogen-bond donors (Lipinski definition) is 1. The first kappa shape index (κ1) is 18.5. The first-order chi connectivity index (χ1) is 13.1. The highest BCUT2D eigenvalue weighted by atomic mass is 16.5. The van der Waals surface area contributed by atoms with Gasteiger partial charge in [-0.15, -0.1) is 0 Å². The number of aromatic nitrogens is 2. The Morgan fingerprint density at radius 1 is 1.04 bits per heavy atom. The van der Waals surface area contributed by atoms with Crippen molar-refractivity contribution in [2.24, 2.45) is 0 Å². The van der Waals surface area contributed by atoms with Crippen molar-refractivity contribution >= 4 is 23.1 Å². The molecule has 0 bridgehead atoms. The molecule has 0 aliphatic heterocycles. The van der Waals surface area contributed by atoms with Crippen molar-refractivity contribution in [2.45, 2.75) is 13.8 Å². The van der Waals surface area contributed by atoms with Crippen LogP contribution in [0.2, 0.25) is 0 Å². The molecule has 0 saturated heterocycles. The molecule has 0 spiro atoms. The number of ether oxygens (including phenoxy) is 2. The Morgan fingerprint density at radius 3 is 2.59 bits per heavy atom. The van der Waals surface area contributed by atoms with E-state index in [2.05, 4.69) is 52.2 Å². The fraction of sp³-hybridized carbons (Fsp3) is 0.238. The number of aryl methyl sites for hydroxylation is 1. The molecule has 140 valence electrons. The molecule has 3 aromatic rings. The van der Waals surface area contributed by atoms with Crippen molar-refractivity contribution < 1.29 is 9.47 Å². The second-order valence-electron chi connectivity index (χ2n) is 6.02. The van der Waals surface area contributed by atoms with Gasteiger partial charge < -0.3 is 19.7 Å². The van der Waals surface area contributed by atoms with Crippen LogP contribution in [0.25, 0.3) is 0 Å². The highest BCUT2D eigenvalue weighted by Crippen LogP contribution is 2.31. The SMILES string of the molecule is CCN(c1cccc(C)c1)c1nccc(Nc2ccc(OC)cc2OC)n1. The molecule has 0 unspecified atom stereocenters. The lowest BCUT2D eigenvalue weighted by molar-refractivity contribution is 0.395. The molecule has 0 saturated carbocycles. The topological polar surface area (TPSA) is 59.5 Å². The van der Waals surface area contributed by atoms with Crippen LogP contribution in [0.5, 0.6) is 11.5 Å². The van der Waals surface area contributed by atoms with E-state index >= 15 is 0 Å². The molecule has 0 aliphatic rings. The minimum Gasteiger partial charge on any atom is -0.497 e. The van der Waals surface area contributed by atoms with Crippen LogP contribution in [-0.2, 0) is 0 Å². The lowest BCUT2D eigenvalue weighted by atomic mass is 10.2. The van der Waals surface area contributed by atoms with E-state index in [0.29, 0.717) is 17.5 Å². The van der Waals surface area contributed by atoms with E-state index in [1.54, 1.807) is 20.4 Å². The standard InChI is InChI=1S/C21H24N4O2/c1-5-25(16-8-6-7-15(2)13-16)21-22-12-11-20(24-21)23-18-10-9-17(26-3)14-19(18)27-4/h6-14H,5H2,1-4H3,(H,22,23,24). The van der Waals surface area contributed by atoms with E-state index in [9.17, 15) is 0 Å². The monoisotopic (exact) mass is 364 g/mol. The summed E-state index contributed by atoms with van der Waals surface area (Å²) in [5, 5.41) is 3.30. The van der Waals surface area contributed by atoms with Gasteiger partial charge in [0, 0.05) is 24.5 Å². The quantitative estimate of drug-likeness (QED) is 0.655. The van der Waals surface area contributed by atoms with Gasteiger partial charge in [0.25, 0.3) is 0 Å². The predicted octanol–water partition coefficient (Wildman–Crippen LogP) is 4.70. The molecule has 3 rings (SSSR count). The zero-order valence-corrected chi connectivity index (χ0v) is 16.1. The normalized spacial score (nSPS) is 10.4. The second kappa shape index (κ2) is 8.40.